The number of nitrogens with two attached hydrogens (primary N) is 1. The molecule has 0 spiro atoms. The minimum atomic E-state index is -0.841. The topological polar surface area (TPSA) is 43.1 Å². The summed E-state index contributed by atoms with van der Waals surface area (Å²) in [6, 6.07) is 3.96. The number of hydrogen-bond donors (Lipinski definition) is 1. The quantitative estimate of drug-likeness (QED) is 0.846. The predicted molar refractivity (Wildman–Crippen MR) is 70.1 cm³/mol. The van der Waals surface area contributed by atoms with Crippen LogP contribution in [0.5, 0.6) is 0 Å². The molecular formula is C12H19NOS2. The molecule has 1 fully saturated rings. The lowest BCUT2D eigenvalue weighted by Gasteiger charge is -2.22. The largest absolute Gasteiger partial charge is 0.330 e. The van der Waals surface area contributed by atoms with Crippen molar-refractivity contribution in [3.8, 4) is 0 Å². The van der Waals surface area contributed by atoms with Crippen LogP contribution in [-0.4, -0.2) is 16.0 Å². The molecule has 3 unspecified atom stereocenters. The Morgan fingerprint density at radius 3 is 2.88 bits per heavy atom. The van der Waals surface area contributed by atoms with Crippen molar-refractivity contribution in [3.05, 3.63) is 17.5 Å². The van der Waals surface area contributed by atoms with Crippen LogP contribution in [0, 0.1) is 5.92 Å². The Kier molecular flexibility index (Phi) is 4.55. The van der Waals surface area contributed by atoms with E-state index in [-0.39, 0.29) is 5.25 Å². The van der Waals surface area contributed by atoms with Gasteiger partial charge in [-0.1, -0.05) is 25.3 Å². The van der Waals surface area contributed by atoms with Gasteiger partial charge in [-0.2, -0.15) is 0 Å². The van der Waals surface area contributed by atoms with Crippen LogP contribution in [0.1, 0.15) is 32.1 Å². The SMILES string of the molecule is NCC1CCCCCC1S(=O)c1cccs1. The van der Waals surface area contributed by atoms with E-state index in [1.54, 1.807) is 11.3 Å². The zero-order valence-electron chi connectivity index (χ0n) is 9.43. The van der Waals surface area contributed by atoms with Crippen LogP contribution in [-0.2, 0) is 10.8 Å². The average molecular weight is 257 g/mol. The second-order valence-corrected chi connectivity index (χ2v) is 7.25. The molecule has 2 rings (SSSR count). The fourth-order valence-corrected chi connectivity index (χ4v) is 5.28. The van der Waals surface area contributed by atoms with E-state index < -0.39 is 10.8 Å². The minimum absolute atomic E-state index is 0.283. The van der Waals surface area contributed by atoms with Crippen molar-refractivity contribution in [2.24, 2.45) is 11.7 Å². The zero-order chi connectivity index (χ0) is 11.4. The molecule has 0 amide bonds. The maximum Gasteiger partial charge on any atom is 0.0913 e. The van der Waals surface area contributed by atoms with E-state index in [2.05, 4.69) is 0 Å². The molecule has 90 valence electrons. The fourth-order valence-electron chi connectivity index (χ4n) is 2.43. The first kappa shape index (κ1) is 12.3. The highest BCUT2D eigenvalue weighted by Gasteiger charge is 2.28. The highest BCUT2D eigenvalue weighted by Crippen LogP contribution is 2.30. The van der Waals surface area contributed by atoms with Gasteiger partial charge in [-0.15, -0.1) is 11.3 Å². The van der Waals surface area contributed by atoms with Crippen molar-refractivity contribution in [2.45, 2.75) is 41.6 Å². The predicted octanol–water partition coefficient (Wildman–Crippen LogP) is 2.76. The van der Waals surface area contributed by atoms with Crippen LogP contribution in [0.2, 0.25) is 0 Å². The van der Waals surface area contributed by atoms with E-state index >= 15 is 0 Å². The van der Waals surface area contributed by atoms with Gasteiger partial charge in [-0.25, -0.2) is 0 Å². The molecule has 0 bridgehead atoms. The first-order valence-corrected chi connectivity index (χ1v) is 8.06. The summed E-state index contributed by atoms with van der Waals surface area (Å²) in [7, 11) is -0.841. The van der Waals surface area contributed by atoms with Gasteiger partial charge in [0, 0.05) is 5.25 Å². The third-order valence-electron chi connectivity index (χ3n) is 3.36. The van der Waals surface area contributed by atoms with E-state index in [1.165, 1.54) is 19.3 Å². The minimum Gasteiger partial charge on any atom is -0.330 e. The van der Waals surface area contributed by atoms with Gasteiger partial charge in [-0.05, 0) is 36.8 Å². The normalized spacial score (nSPS) is 28.6. The summed E-state index contributed by atoms with van der Waals surface area (Å²) in [6.07, 6.45) is 5.96. The summed E-state index contributed by atoms with van der Waals surface area (Å²) in [5, 5.41) is 2.28. The molecular weight excluding hydrogens is 238 g/mol. The first-order chi connectivity index (χ1) is 7.83. The molecule has 2 N–H and O–H groups in total. The summed E-state index contributed by atoms with van der Waals surface area (Å²) in [5.41, 5.74) is 5.82. The van der Waals surface area contributed by atoms with Gasteiger partial charge in [0.15, 0.2) is 0 Å². The van der Waals surface area contributed by atoms with Crippen LogP contribution in [0.15, 0.2) is 21.7 Å². The van der Waals surface area contributed by atoms with Gasteiger partial charge >= 0.3 is 0 Å². The molecule has 1 heterocycles. The van der Waals surface area contributed by atoms with Crippen LogP contribution in [0.4, 0.5) is 0 Å². The van der Waals surface area contributed by atoms with E-state index in [4.69, 9.17) is 5.73 Å². The highest BCUT2D eigenvalue weighted by molar-refractivity contribution is 7.87. The molecule has 2 nitrogen and oxygen atoms in total. The highest BCUT2D eigenvalue weighted by atomic mass is 32.2. The number of rotatable bonds is 3. The summed E-state index contributed by atoms with van der Waals surface area (Å²) in [4.78, 5) is 0. The monoisotopic (exact) mass is 257 g/mol. The standard InChI is InChI=1S/C12H19NOS2/c13-9-10-5-2-1-3-6-11(10)16(14)12-7-4-8-15-12/h4,7-8,10-11H,1-3,5-6,9,13H2. The van der Waals surface area contributed by atoms with Gasteiger partial charge in [0.2, 0.25) is 0 Å². The fraction of sp³-hybridized carbons (Fsp3) is 0.667. The lowest BCUT2D eigenvalue weighted by molar-refractivity contribution is 0.474. The number of thiophene rings is 1. The van der Waals surface area contributed by atoms with Gasteiger partial charge in [0.1, 0.15) is 0 Å². The smallest absolute Gasteiger partial charge is 0.0913 e. The lowest BCUT2D eigenvalue weighted by Crippen LogP contribution is -2.30. The first-order valence-electron chi connectivity index (χ1n) is 5.97. The van der Waals surface area contributed by atoms with Crippen molar-refractivity contribution >= 4 is 22.1 Å². The van der Waals surface area contributed by atoms with Crippen molar-refractivity contribution in [3.63, 3.8) is 0 Å². The van der Waals surface area contributed by atoms with Gasteiger partial charge in [-0.3, -0.25) is 4.21 Å². The Labute approximate surface area is 104 Å². The van der Waals surface area contributed by atoms with Crippen molar-refractivity contribution in [1.29, 1.82) is 0 Å². The summed E-state index contributed by atoms with van der Waals surface area (Å²) in [5.74, 6) is 0.449. The van der Waals surface area contributed by atoms with E-state index in [0.717, 1.165) is 17.1 Å². The molecule has 0 aliphatic heterocycles. The van der Waals surface area contributed by atoms with Gasteiger partial charge < -0.3 is 5.73 Å². The molecule has 4 heteroatoms. The molecule has 0 saturated heterocycles. The molecule has 16 heavy (non-hydrogen) atoms. The lowest BCUT2D eigenvalue weighted by atomic mass is 10.0. The molecule has 1 aromatic rings. The Balaban J connectivity index is 2.13. The van der Waals surface area contributed by atoms with E-state index in [0.29, 0.717) is 12.5 Å². The second kappa shape index (κ2) is 5.94. The molecule has 0 radical (unpaired) electrons. The molecule has 1 saturated carbocycles. The third-order valence-corrected chi connectivity index (χ3v) is 6.51. The summed E-state index contributed by atoms with van der Waals surface area (Å²) in [6.45, 7) is 0.682. The zero-order valence-corrected chi connectivity index (χ0v) is 11.1. The van der Waals surface area contributed by atoms with Crippen LogP contribution in [0.3, 0.4) is 0 Å². The van der Waals surface area contributed by atoms with Gasteiger partial charge in [0.05, 0.1) is 15.0 Å². The molecule has 1 aliphatic carbocycles. The van der Waals surface area contributed by atoms with Crippen LogP contribution < -0.4 is 5.73 Å². The van der Waals surface area contributed by atoms with Crippen molar-refractivity contribution in [1.82, 2.24) is 0 Å². The van der Waals surface area contributed by atoms with Crippen LogP contribution >= 0.6 is 11.3 Å². The Morgan fingerprint density at radius 1 is 1.38 bits per heavy atom. The Hall–Kier alpha value is -0.190. The summed E-state index contributed by atoms with van der Waals surface area (Å²) >= 11 is 1.60. The third kappa shape index (κ3) is 2.73. The van der Waals surface area contributed by atoms with Crippen molar-refractivity contribution < 1.29 is 4.21 Å². The maximum absolute atomic E-state index is 12.4. The molecule has 1 aliphatic rings. The summed E-state index contributed by atoms with van der Waals surface area (Å²) < 4.78 is 13.5. The molecule has 1 aromatic heterocycles. The van der Waals surface area contributed by atoms with E-state index in [9.17, 15) is 4.21 Å². The van der Waals surface area contributed by atoms with Crippen LogP contribution in [0.25, 0.3) is 0 Å². The molecule has 0 aromatic carbocycles. The molecule has 3 atom stereocenters. The Morgan fingerprint density at radius 2 is 2.19 bits per heavy atom. The van der Waals surface area contributed by atoms with Gasteiger partial charge in [0.25, 0.3) is 0 Å². The average Bonchev–Trinajstić information content (AvgIpc) is 2.73. The van der Waals surface area contributed by atoms with E-state index in [1.807, 2.05) is 17.5 Å². The van der Waals surface area contributed by atoms with Crippen molar-refractivity contribution in [2.75, 3.05) is 6.54 Å². The number of hydrogen-bond acceptors (Lipinski definition) is 3. The second-order valence-electron chi connectivity index (χ2n) is 4.40. The maximum atomic E-state index is 12.4. The Bertz CT molecular complexity index is 337.